The monoisotopic (exact) mass is 278 g/mol. The average molecular weight is 278 g/mol. The Balaban J connectivity index is 2.20. The number of carbonyl (C=O) groups excluding carboxylic acids is 1. The molecule has 1 aromatic rings. The Morgan fingerprint density at radius 3 is 2.60 bits per heavy atom. The molecule has 0 unspecified atom stereocenters. The molecule has 20 heavy (non-hydrogen) atoms. The van der Waals surface area contributed by atoms with Gasteiger partial charge in [-0.25, -0.2) is 4.79 Å². The van der Waals surface area contributed by atoms with Crippen molar-refractivity contribution in [1.29, 1.82) is 0 Å². The minimum Gasteiger partial charge on any atom is -0.466 e. The van der Waals surface area contributed by atoms with Gasteiger partial charge in [-0.3, -0.25) is 0 Å². The third kappa shape index (κ3) is 6.50. The maximum absolute atomic E-state index is 11.0. The maximum atomic E-state index is 11.0. The highest BCUT2D eigenvalue weighted by Crippen LogP contribution is 2.09. The summed E-state index contributed by atoms with van der Waals surface area (Å²) in [5.41, 5.74) is 1.11. The second-order valence-corrected chi connectivity index (χ2v) is 4.57. The van der Waals surface area contributed by atoms with Gasteiger partial charge in [0.05, 0.1) is 19.8 Å². The lowest BCUT2D eigenvalue weighted by molar-refractivity contribution is -0.134. The highest BCUT2D eigenvalue weighted by atomic mass is 16.7. The first-order chi connectivity index (χ1) is 9.63. The van der Waals surface area contributed by atoms with E-state index in [1.54, 1.807) is 6.08 Å². The summed E-state index contributed by atoms with van der Waals surface area (Å²) in [6.07, 6.45) is 3.15. The van der Waals surface area contributed by atoms with Gasteiger partial charge in [-0.1, -0.05) is 43.3 Å². The molecule has 1 rings (SSSR count). The van der Waals surface area contributed by atoms with Crippen LogP contribution in [0.5, 0.6) is 0 Å². The summed E-state index contributed by atoms with van der Waals surface area (Å²) in [4.78, 5) is 11.0. The number of esters is 1. The van der Waals surface area contributed by atoms with Crippen molar-refractivity contribution in [3.63, 3.8) is 0 Å². The summed E-state index contributed by atoms with van der Waals surface area (Å²) in [5, 5.41) is 0. The van der Waals surface area contributed by atoms with Crippen molar-refractivity contribution in [1.82, 2.24) is 0 Å². The van der Waals surface area contributed by atoms with E-state index in [0.29, 0.717) is 6.61 Å². The summed E-state index contributed by atoms with van der Waals surface area (Å²) in [6, 6.07) is 9.93. The minimum atomic E-state index is -0.357. The number of carbonyl (C=O) groups is 1. The van der Waals surface area contributed by atoms with Crippen LogP contribution in [0.1, 0.15) is 19.4 Å². The molecule has 0 aliphatic rings. The third-order valence-electron chi connectivity index (χ3n) is 3.00. The van der Waals surface area contributed by atoms with E-state index in [1.807, 2.05) is 44.2 Å². The molecule has 0 aromatic heterocycles. The zero-order chi connectivity index (χ0) is 14.8. The lowest BCUT2D eigenvalue weighted by atomic mass is 10.1. The van der Waals surface area contributed by atoms with Gasteiger partial charge in [0.1, 0.15) is 6.79 Å². The molecule has 2 atom stereocenters. The fraction of sp³-hybridized carbons (Fsp3) is 0.438. The van der Waals surface area contributed by atoms with E-state index >= 15 is 0 Å². The number of rotatable bonds is 8. The van der Waals surface area contributed by atoms with Gasteiger partial charge in [0.25, 0.3) is 0 Å². The summed E-state index contributed by atoms with van der Waals surface area (Å²) in [6.45, 7) is 4.67. The highest BCUT2D eigenvalue weighted by molar-refractivity contribution is 5.81. The average Bonchev–Trinajstić information content (AvgIpc) is 2.49. The van der Waals surface area contributed by atoms with E-state index < -0.39 is 0 Å². The van der Waals surface area contributed by atoms with Gasteiger partial charge in [-0.05, 0) is 12.5 Å². The Morgan fingerprint density at radius 1 is 1.25 bits per heavy atom. The number of hydrogen-bond donors (Lipinski definition) is 0. The first kappa shape index (κ1) is 16.4. The molecule has 0 fully saturated rings. The maximum Gasteiger partial charge on any atom is 0.330 e. The van der Waals surface area contributed by atoms with Crippen molar-refractivity contribution in [3.8, 4) is 0 Å². The number of hydrogen-bond acceptors (Lipinski definition) is 4. The Labute approximate surface area is 120 Å². The van der Waals surface area contributed by atoms with Crippen molar-refractivity contribution in [2.75, 3.05) is 13.9 Å². The molecule has 0 amide bonds. The lowest BCUT2D eigenvalue weighted by Crippen LogP contribution is -2.18. The van der Waals surface area contributed by atoms with Gasteiger partial charge in [0.15, 0.2) is 0 Å². The number of benzene rings is 1. The summed E-state index contributed by atoms with van der Waals surface area (Å²) in [5.74, 6) is -0.251. The first-order valence-electron chi connectivity index (χ1n) is 6.63. The quantitative estimate of drug-likeness (QED) is 0.317. The van der Waals surface area contributed by atoms with Crippen molar-refractivity contribution < 1.29 is 19.0 Å². The van der Waals surface area contributed by atoms with Gasteiger partial charge in [-0.15, -0.1) is 0 Å². The van der Waals surface area contributed by atoms with E-state index in [0.717, 1.165) is 5.56 Å². The lowest BCUT2D eigenvalue weighted by Gasteiger charge is -2.17. The smallest absolute Gasteiger partial charge is 0.330 e. The molecule has 1 aromatic carbocycles. The topological polar surface area (TPSA) is 44.8 Å². The van der Waals surface area contributed by atoms with Crippen molar-refractivity contribution in [2.45, 2.75) is 26.6 Å². The van der Waals surface area contributed by atoms with Crippen LogP contribution in [0.25, 0.3) is 0 Å². The molecule has 0 aliphatic heterocycles. The van der Waals surface area contributed by atoms with Crippen LogP contribution >= 0.6 is 0 Å². The minimum absolute atomic E-state index is 0.0355. The van der Waals surface area contributed by atoms with Crippen LogP contribution in [-0.2, 0) is 25.6 Å². The third-order valence-corrected chi connectivity index (χ3v) is 3.00. The second kappa shape index (κ2) is 9.28. The Bertz CT molecular complexity index is 414. The largest absolute Gasteiger partial charge is 0.466 e. The normalized spacial score (nSPS) is 14.2. The first-order valence-corrected chi connectivity index (χ1v) is 6.63. The van der Waals surface area contributed by atoms with Crippen LogP contribution < -0.4 is 0 Å². The fourth-order valence-corrected chi connectivity index (χ4v) is 1.50. The van der Waals surface area contributed by atoms with Crippen LogP contribution in [-0.4, -0.2) is 26.0 Å². The molecular weight excluding hydrogens is 256 g/mol. The zero-order valence-corrected chi connectivity index (χ0v) is 12.2. The Morgan fingerprint density at radius 2 is 1.95 bits per heavy atom. The van der Waals surface area contributed by atoms with Gasteiger partial charge in [-0.2, -0.15) is 0 Å². The predicted molar refractivity (Wildman–Crippen MR) is 77.0 cm³/mol. The summed E-state index contributed by atoms with van der Waals surface area (Å²) >= 11 is 0. The van der Waals surface area contributed by atoms with Gasteiger partial charge in [0.2, 0.25) is 0 Å². The Kier molecular flexibility index (Phi) is 7.62. The van der Waals surface area contributed by atoms with Gasteiger partial charge >= 0.3 is 5.97 Å². The second-order valence-electron chi connectivity index (χ2n) is 4.57. The van der Waals surface area contributed by atoms with Crippen LogP contribution in [0.2, 0.25) is 0 Å². The van der Waals surface area contributed by atoms with Crippen molar-refractivity contribution in [3.05, 3.63) is 48.0 Å². The van der Waals surface area contributed by atoms with Crippen LogP contribution in [0.4, 0.5) is 0 Å². The van der Waals surface area contributed by atoms with E-state index in [2.05, 4.69) is 4.74 Å². The molecule has 0 heterocycles. The molecule has 0 saturated carbocycles. The van der Waals surface area contributed by atoms with Crippen LogP contribution in [0.15, 0.2) is 42.5 Å². The Hall–Kier alpha value is -1.65. The fourth-order valence-electron chi connectivity index (χ4n) is 1.50. The molecule has 0 spiro atoms. The highest BCUT2D eigenvalue weighted by Gasteiger charge is 2.10. The molecular formula is C16H22O4. The zero-order valence-electron chi connectivity index (χ0n) is 12.2. The molecule has 0 N–H and O–H groups in total. The van der Waals surface area contributed by atoms with Crippen LogP contribution in [0, 0.1) is 5.92 Å². The predicted octanol–water partition coefficient (Wildman–Crippen LogP) is 2.93. The van der Waals surface area contributed by atoms with Crippen LogP contribution in [0.3, 0.4) is 0 Å². The molecule has 0 bridgehead atoms. The van der Waals surface area contributed by atoms with E-state index in [9.17, 15) is 4.79 Å². The number of ether oxygens (including phenoxy) is 3. The van der Waals surface area contributed by atoms with E-state index in [1.165, 1.54) is 13.2 Å². The van der Waals surface area contributed by atoms with Crippen molar-refractivity contribution >= 4 is 5.97 Å². The van der Waals surface area contributed by atoms with Gasteiger partial charge < -0.3 is 14.2 Å². The molecule has 4 nitrogen and oxygen atoms in total. The molecule has 4 heteroatoms. The summed E-state index contributed by atoms with van der Waals surface area (Å²) in [7, 11) is 1.36. The molecule has 110 valence electrons. The summed E-state index contributed by atoms with van der Waals surface area (Å²) < 4.78 is 15.6. The van der Waals surface area contributed by atoms with E-state index in [-0.39, 0.29) is 24.8 Å². The standard InChI is InChI=1S/C16H22O4/c1-13(9-10-16(17)18-3)14(2)20-12-19-11-15-7-5-4-6-8-15/h4-10,13-14H,11-12H2,1-3H3/b10-9+/t13-,14+/m0/s1. The van der Waals surface area contributed by atoms with Gasteiger partial charge in [0, 0.05) is 12.0 Å². The SMILES string of the molecule is COC(=O)/C=C/[C@H](C)[C@@H](C)OCOCc1ccccc1. The molecule has 0 radical (unpaired) electrons. The van der Waals surface area contributed by atoms with Crippen molar-refractivity contribution in [2.24, 2.45) is 5.92 Å². The van der Waals surface area contributed by atoms with E-state index in [4.69, 9.17) is 9.47 Å². The molecule has 0 saturated heterocycles. The molecule has 0 aliphatic carbocycles. The number of methoxy groups -OCH3 is 1.